The predicted octanol–water partition coefficient (Wildman–Crippen LogP) is 0.848. The van der Waals surface area contributed by atoms with Crippen molar-refractivity contribution in [3.63, 3.8) is 0 Å². The van der Waals surface area contributed by atoms with E-state index in [0.29, 0.717) is 12.8 Å². The van der Waals surface area contributed by atoms with Gasteiger partial charge in [-0.25, -0.2) is 9.18 Å². The van der Waals surface area contributed by atoms with Crippen molar-refractivity contribution in [1.29, 1.82) is 5.41 Å². The fraction of sp³-hybridized carbons (Fsp3) is 0.667. The zero-order chi connectivity index (χ0) is 19.0. The highest BCUT2D eigenvalue weighted by Gasteiger charge is 2.37. The van der Waals surface area contributed by atoms with Gasteiger partial charge in [0.2, 0.25) is 0 Å². The second-order valence-electron chi connectivity index (χ2n) is 5.64. The van der Waals surface area contributed by atoms with E-state index in [4.69, 9.17) is 25.7 Å². The van der Waals surface area contributed by atoms with Gasteiger partial charge in [-0.2, -0.15) is 0 Å². The van der Waals surface area contributed by atoms with Gasteiger partial charge in [0.15, 0.2) is 12.6 Å². The molecule has 1 rings (SSSR count). The minimum atomic E-state index is -1.49. The number of rotatable bonds is 8. The van der Waals surface area contributed by atoms with Crippen molar-refractivity contribution in [2.24, 2.45) is 5.73 Å². The molecule has 0 spiro atoms. The number of hydrogen-bond acceptors (Lipinski definition) is 5. The standard InChI is InChI=1S/C15H25FN4O5/c1-3-8(4-2)24-11-6-9(25-15(22)23)5-10(19-14(17)18)13(11)20-12(21)7-16/h6,8,10-11,13H,3-5,7H2,1-2H3,(H,20,21)(H,22,23)(H4,17,18,19)/t10-,11+,13+/m0/s1. The van der Waals surface area contributed by atoms with Crippen LogP contribution in [0.3, 0.4) is 0 Å². The molecule has 0 aliphatic heterocycles. The molecule has 0 aromatic heterocycles. The Morgan fingerprint density at radius 2 is 2.08 bits per heavy atom. The lowest BCUT2D eigenvalue weighted by Gasteiger charge is -2.38. The second kappa shape index (κ2) is 9.82. The topological polar surface area (TPSA) is 147 Å². The molecule has 0 radical (unpaired) electrons. The average Bonchev–Trinajstić information content (AvgIpc) is 2.53. The average molecular weight is 360 g/mol. The van der Waals surface area contributed by atoms with Crippen molar-refractivity contribution in [1.82, 2.24) is 10.6 Å². The van der Waals surface area contributed by atoms with Crippen molar-refractivity contribution < 1.29 is 28.6 Å². The van der Waals surface area contributed by atoms with Gasteiger partial charge in [0, 0.05) is 6.42 Å². The summed E-state index contributed by atoms with van der Waals surface area (Å²) < 4.78 is 23.3. The van der Waals surface area contributed by atoms with Crippen LogP contribution in [0.1, 0.15) is 33.1 Å². The Balaban J connectivity index is 3.13. The van der Waals surface area contributed by atoms with Crippen LogP contribution in [0, 0.1) is 5.41 Å². The highest BCUT2D eigenvalue weighted by Crippen LogP contribution is 2.25. The lowest BCUT2D eigenvalue weighted by Crippen LogP contribution is -2.60. The summed E-state index contributed by atoms with van der Waals surface area (Å²) in [5, 5.41) is 21.4. The molecule has 0 aromatic carbocycles. The fourth-order valence-corrected chi connectivity index (χ4v) is 2.69. The summed E-state index contributed by atoms with van der Waals surface area (Å²) in [7, 11) is 0. The maximum absolute atomic E-state index is 12.6. The van der Waals surface area contributed by atoms with Crippen molar-refractivity contribution in [3.8, 4) is 0 Å². The maximum Gasteiger partial charge on any atom is 0.511 e. The van der Waals surface area contributed by atoms with Crippen molar-refractivity contribution in [2.45, 2.75) is 57.4 Å². The lowest BCUT2D eigenvalue weighted by atomic mass is 9.91. The molecule has 0 bridgehead atoms. The van der Waals surface area contributed by atoms with Crippen LogP contribution in [0.5, 0.6) is 0 Å². The molecule has 6 N–H and O–H groups in total. The highest BCUT2D eigenvalue weighted by molar-refractivity contribution is 5.78. The van der Waals surface area contributed by atoms with Gasteiger partial charge in [0.25, 0.3) is 5.91 Å². The van der Waals surface area contributed by atoms with Crippen LogP contribution in [-0.4, -0.2) is 54.1 Å². The number of guanidine groups is 1. The Labute approximate surface area is 145 Å². The molecule has 9 nitrogen and oxygen atoms in total. The SMILES string of the molecule is CCC(CC)O[C@@H]1C=C(OC(=O)O)C[C@H](NC(=N)N)[C@H]1NC(=O)CF. The van der Waals surface area contributed by atoms with Gasteiger partial charge in [-0.05, 0) is 18.9 Å². The summed E-state index contributed by atoms with van der Waals surface area (Å²) >= 11 is 0. The number of nitrogens with two attached hydrogens (primary N) is 1. The predicted molar refractivity (Wildman–Crippen MR) is 87.8 cm³/mol. The van der Waals surface area contributed by atoms with Crippen LogP contribution in [0.2, 0.25) is 0 Å². The number of alkyl halides is 1. The molecule has 0 unspecified atom stereocenters. The van der Waals surface area contributed by atoms with Gasteiger partial charge >= 0.3 is 6.16 Å². The number of carbonyl (C=O) groups excluding carboxylic acids is 1. The number of ether oxygens (including phenoxy) is 2. The third-order valence-electron chi connectivity index (χ3n) is 3.83. The summed E-state index contributed by atoms with van der Waals surface area (Å²) in [4.78, 5) is 22.4. The van der Waals surface area contributed by atoms with Crippen molar-refractivity contribution in [3.05, 3.63) is 11.8 Å². The van der Waals surface area contributed by atoms with E-state index in [9.17, 15) is 14.0 Å². The maximum atomic E-state index is 12.6. The number of carboxylic acid groups (broad SMARTS) is 1. The highest BCUT2D eigenvalue weighted by atomic mass is 19.1. The van der Waals surface area contributed by atoms with Crippen LogP contribution >= 0.6 is 0 Å². The summed E-state index contributed by atoms with van der Waals surface area (Å²) in [5.41, 5.74) is 5.36. The third kappa shape index (κ3) is 6.57. The number of carbonyl (C=O) groups is 2. The summed E-state index contributed by atoms with van der Waals surface area (Å²) in [5.74, 6) is -1.11. The van der Waals surface area contributed by atoms with Gasteiger partial charge in [0.1, 0.15) is 11.9 Å². The van der Waals surface area contributed by atoms with E-state index in [1.165, 1.54) is 6.08 Å². The van der Waals surface area contributed by atoms with Gasteiger partial charge in [0.05, 0.1) is 18.2 Å². The Bertz CT molecular complexity index is 524. The molecule has 25 heavy (non-hydrogen) atoms. The monoisotopic (exact) mass is 360 g/mol. The lowest BCUT2D eigenvalue weighted by molar-refractivity contribution is -0.124. The Kier molecular flexibility index (Phi) is 8.12. The zero-order valence-corrected chi connectivity index (χ0v) is 14.3. The Hall–Kier alpha value is -2.36. The summed E-state index contributed by atoms with van der Waals surface area (Å²) in [6.07, 6.45) is 0.489. The molecule has 0 fully saturated rings. The smallest absolute Gasteiger partial charge is 0.449 e. The normalized spacial score (nSPS) is 22.9. The van der Waals surface area contributed by atoms with Crippen LogP contribution < -0.4 is 16.4 Å². The molecule has 10 heteroatoms. The number of amides is 1. The van der Waals surface area contributed by atoms with Crippen molar-refractivity contribution >= 4 is 18.0 Å². The molecular weight excluding hydrogens is 335 g/mol. The third-order valence-corrected chi connectivity index (χ3v) is 3.83. The fourth-order valence-electron chi connectivity index (χ4n) is 2.69. The van der Waals surface area contributed by atoms with E-state index >= 15 is 0 Å². The first-order valence-corrected chi connectivity index (χ1v) is 8.03. The molecule has 1 aliphatic carbocycles. The molecule has 142 valence electrons. The first-order valence-electron chi connectivity index (χ1n) is 8.03. The second-order valence-corrected chi connectivity index (χ2v) is 5.64. The first kappa shape index (κ1) is 20.7. The number of nitrogens with one attached hydrogen (secondary N) is 3. The molecule has 1 aliphatic rings. The van der Waals surface area contributed by atoms with Crippen LogP contribution in [0.4, 0.5) is 9.18 Å². The Morgan fingerprint density at radius 1 is 1.44 bits per heavy atom. The van der Waals surface area contributed by atoms with E-state index in [2.05, 4.69) is 10.6 Å². The Morgan fingerprint density at radius 3 is 2.56 bits per heavy atom. The minimum Gasteiger partial charge on any atom is -0.449 e. The summed E-state index contributed by atoms with van der Waals surface area (Å²) in [6.45, 7) is 2.65. The van der Waals surface area contributed by atoms with Crippen LogP contribution in [0.25, 0.3) is 0 Å². The molecule has 0 heterocycles. The van der Waals surface area contributed by atoms with Gasteiger partial charge < -0.3 is 30.9 Å². The zero-order valence-electron chi connectivity index (χ0n) is 14.3. The van der Waals surface area contributed by atoms with E-state index in [1.807, 2.05) is 13.8 Å². The molecule has 3 atom stereocenters. The van der Waals surface area contributed by atoms with Crippen LogP contribution in [-0.2, 0) is 14.3 Å². The van der Waals surface area contributed by atoms with Gasteiger partial charge in [-0.15, -0.1) is 0 Å². The largest absolute Gasteiger partial charge is 0.511 e. The first-order chi connectivity index (χ1) is 11.8. The molecule has 0 saturated carbocycles. The minimum absolute atomic E-state index is 0.0336. The van der Waals surface area contributed by atoms with Crippen LogP contribution in [0.15, 0.2) is 11.8 Å². The van der Waals surface area contributed by atoms with Gasteiger partial charge in [-0.1, -0.05) is 13.8 Å². The number of halogens is 1. The molecule has 0 aromatic rings. The molecule has 1 amide bonds. The van der Waals surface area contributed by atoms with E-state index in [-0.39, 0.29) is 24.2 Å². The quantitative estimate of drug-likeness (QED) is 0.245. The summed E-state index contributed by atoms with van der Waals surface area (Å²) in [6, 6.07) is -1.43. The molecule has 0 saturated heterocycles. The van der Waals surface area contributed by atoms with E-state index in [1.54, 1.807) is 0 Å². The van der Waals surface area contributed by atoms with Crippen molar-refractivity contribution in [2.75, 3.05) is 6.67 Å². The molecular formula is C15H25FN4O5. The van der Waals surface area contributed by atoms with Gasteiger partial charge in [-0.3, -0.25) is 10.2 Å². The van der Waals surface area contributed by atoms with E-state index < -0.39 is 36.9 Å². The number of hydrogen-bond donors (Lipinski definition) is 5. The van der Waals surface area contributed by atoms with E-state index in [0.717, 1.165) is 0 Å².